The van der Waals surface area contributed by atoms with Crippen molar-refractivity contribution in [3.8, 4) is 5.75 Å². The van der Waals surface area contributed by atoms with E-state index in [0.717, 1.165) is 5.56 Å². The van der Waals surface area contributed by atoms with E-state index in [-0.39, 0.29) is 17.7 Å². The second kappa shape index (κ2) is 6.53. The van der Waals surface area contributed by atoms with Gasteiger partial charge in [0.05, 0.1) is 0 Å². The first kappa shape index (κ1) is 13.8. The summed E-state index contributed by atoms with van der Waals surface area (Å²) in [5.41, 5.74) is 0.811. The molecule has 0 amide bonds. The number of benzene rings is 2. The zero-order valence-electron chi connectivity index (χ0n) is 10.2. The molecule has 0 aliphatic carbocycles. The lowest BCUT2D eigenvalue weighted by Gasteiger charge is -2.18. The number of rotatable bonds is 5. The minimum absolute atomic E-state index is 0.306. The topological polar surface area (TPSA) is 9.23 Å². The molecule has 2 aromatic carbocycles. The number of alkyl halides is 1. The van der Waals surface area contributed by atoms with Gasteiger partial charge < -0.3 is 4.74 Å². The third kappa shape index (κ3) is 3.93. The van der Waals surface area contributed by atoms with Crippen molar-refractivity contribution < 1.29 is 13.5 Å². The Labute approximate surface area is 115 Å². The monoisotopic (exact) mass is 282 g/mol. The molecule has 100 valence electrons. The molecule has 0 bridgehead atoms. The van der Waals surface area contributed by atoms with Gasteiger partial charge in [-0.25, -0.2) is 8.78 Å². The number of hydrogen-bond acceptors (Lipinski definition) is 1. The fraction of sp³-hybridized carbons (Fsp3) is 0.200. The summed E-state index contributed by atoms with van der Waals surface area (Å²) in [7, 11) is 0. The predicted octanol–water partition coefficient (Wildman–Crippen LogP) is 4.71. The standard InChI is InChI=1S/C15H13ClF2O/c16-9-8-15(11-4-6-12(17)7-5-11)19-14-3-1-2-13(18)10-14/h1-7,10,15H,8-9H2. The third-order valence-electron chi connectivity index (χ3n) is 2.69. The molecule has 0 spiro atoms. The first-order chi connectivity index (χ1) is 9.19. The van der Waals surface area contributed by atoms with E-state index >= 15 is 0 Å². The van der Waals surface area contributed by atoms with Crippen molar-refractivity contribution in [2.24, 2.45) is 0 Å². The molecular weight excluding hydrogens is 270 g/mol. The summed E-state index contributed by atoms with van der Waals surface area (Å²) in [6, 6.07) is 11.9. The summed E-state index contributed by atoms with van der Waals surface area (Å²) in [4.78, 5) is 0. The maximum absolute atomic E-state index is 13.1. The van der Waals surface area contributed by atoms with Crippen LogP contribution in [0.3, 0.4) is 0 Å². The Balaban J connectivity index is 2.18. The maximum Gasteiger partial charge on any atom is 0.126 e. The van der Waals surface area contributed by atoms with E-state index in [2.05, 4.69) is 0 Å². The van der Waals surface area contributed by atoms with Gasteiger partial charge in [-0.05, 0) is 29.8 Å². The molecule has 0 aromatic heterocycles. The predicted molar refractivity (Wildman–Crippen MR) is 71.5 cm³/mol. The van der Waals surface area contributed by atoms with Crippen LogP contribution in [0.1, 0.15) is 18.1 Å². The van der Waals surface area contributed by atoms with E-state index in [9.17, 15) is 8.78 Å². The molecule has 2 rings (SSSR count). The van der Waals surface area contributed by atoms with Gasteiger partial charge in [-0.15, -0.1) is 11.6 Å². The van der Waals surface area contributed by atoms with Gasteiger partial charge in [0.2, 0.25) is 0 Å². The Morgan fingerprint density at radius 2 is 1.74 bits per heavy atom. The summed E-state index contributed by atoms with van der Waals surface area (Å²) in [6.07, 6.45) is 0.240. The van der Waals surface area contributed by atoms with Crippen molar-refractivity contribution in [2.45, 2.75) is 12.5 Å². The van der Waals surface area contributed by atoms with E-state index < -0.39 is 0 Å². The molecule has 0 saturated carbocycles. The van der Waals surface area contributed by atoms with Crippen LogP contribution in [0.2, 0.25) is 0 Å². The summed E-state index contributed by atoms with van der Waals surface area (Å²) in [5, 5.41) is 0. The fourth-order valence-corrected chi connectivity index (χ4v) is 1.97. The van der Waals surface area contributed by atoms with Crippen LogP contribution in [0.4, 0.5) is 8.78 Å². The highest BCUT2D eigenvalue weighted by Gasteiger charge is 2.13. The molecule has 2 aromatic rings. The average molecular weight is 283 g/mol. The van der Waals surface area contributed by atoms with Gasteiger partial charge in [-0.3, -0.25) is 0 Å². The molecule has 0 saturated heterocycles. The molecule has 0 fully saturated rings. The van der Waals surface area contributed by atoms with Gasteiger partial charge in [0.1, 0.15) is 23.5 Å². The fourth-order valence-electron chi connectivity index (χ4n) is 1.77. The highest BCUT2D eigenvalue weighted by atomic mass is 35.5. The van der Waals surface area contributed by atoms with Gasteiger partial charge in [0.25, 0.3) is 0 Å². The molecule has 0 aliphatic heterocycles. The average Bonchev–Trinajstić information content (AvgIpc) is 2.39. The van der Waals surface area contributed by atoms with Crippen LogP contribution in [-0.4, -0.2) is 5.88 Å². The van der Waals surface area contributed by atoms with Gasteiger partial charge in [0, 0.05) is 18.4 Å². The molecule has 1 atom stereocenters. The van der Waals surface area contributed by atoms with E-state index in [4.69, 9.17) is 16.3 Å². The summed E-state index contributed by atoms with van der Waals surface area (Å²) >= 11 is 5.75. The number of hydrogen-bond donors (Lipinski definition) is 0. The highest BCUT2D eigenvalue weighted by Crippen LogP contribution is 2.25. The Kier molecular flexibility index (Phi) is 4.74. The minimum Gasteiger partial charge on any atom is -0.486 e. The summed E-state index contributed by atoms with van der Waals surface area (Å²) < 4.78 is 31.7. The van der Waals surface area contributed by atoms with Crippen LogP contribution < -0.4 is 4.74 Å². The van der Waals surface area contributed by atoms with Gasteiger partial charge in [0.15, 0.2) is 0 Å². The molecule has 0 radical (unpaired) electrons. The van der Waals surface area contributed by atoms with Crippen molar-refractivity contribution in [3.05, 3.63) is 65.7 Å². The van der Waals surface area contributed by atoms with Crippen molar-refractivity contribution in [2.75, 3.05) is 5.88 Å². The molecule has 4 heteroatoms. The number of halogens is 3. The first-order valence-electron chi connectivity index (χ1n) is 5.92. The smallest absolute Gasteiger partial charge is 0.126 e. The maximum atomic E-state index is 13.1. The van der Waals surface area contributed by atoms with Gasteiger partial charge in [-0.2, -0.15) is 0 Å². The summed E-state index contributed by atoms with van der Waals surface area (Å²) in [5.74, 6) is 0.164. The quantitative estimate of drug-likeness (QED) is 0.722. The normalized spacial score (nSPS) is 12.2. The summed E-state index contributed by atoms with van der Waals surface area (Å²) in [6.45, 7) is 0. The Morgan fingerprint density at radius 3 is 2.37 bits per heavy atom. The van der Waals surface area contributed by atoms with E-state index in [0.29, 0.717) is 18.1 Å². The van der Waals surface area contributed by atoms with Crippen molar-refractivity contribution in [3.63, 3.8) is 0 Å². The minimum atomic E-state index is -0.360. The molecule has 0 N–H and O–H groups in total. The lowest BCUT2D eigenvalue weighted by molar-refractivity contribution is 0.201. The molecule has 1 unspecified atom stereocenters. The van der Waals surface area contributed by atoms with E-state index in [1.807, 2.05) is 0 Å². The third-order valence-corrected chi connectivity index (χ3v) is 2.91. The van der Waals surface area contributed by atoms with Gasteiger partial charge in [-0.1, -0.05) is 18.2 Å². The number of ether oxygens (including phenoxy) is 1. The molecular formula is C15H13ClF2O. The van der Waals surface area contributed by atoms with Crippen LogP contribution in [0.15, 0.2) is 48.5 Å². The molecule has 19 heavy (non-hydrogen) atoms. The second-order valence-corrected chi connectivity index (χ2v) is 4.47. The van der Waals surface area contributed by atoms with Crippen LogP contribution in [0.5, 0.6) is 5.75 Å². The van der Waals surface area contributed by atoms with Crippen LogP contribution in [0, 0.1) is 11.6 Å². The lowest BCUT2D eigenvalue weighted by Crippen LogP contribution is -2.08. The first-order valence-corrected chi connectivity index (χ1v) is 6.46. The Hall–Kier alpha value is -1.61. The van der Waals surface area contributed by atoms with E-state index in [1.54, 1.807) is 24.3 Å². The molecule has 0 heterocycles. The van der Waals surface area contributed by atoms with Gasteiger partial charge >= 0.3 is 0 Å². The zero-order valence-corrected chi connectivity index (χ0v) is 10.9. The Morgan fingerprint density at radius 1 is 1.00 bits per heavy atom. The van der Waals surface area contributed by atoms with Crippen molar-refractivity contribution in [1.29, 1.82) is 0 Å². The zero-order chi connectivity index (χ0) is 13.7. The van der Waals surface area contributed by atoms with E-state index in [1.165, 1.54) is 24.3 Å². The van der Waals surface area contributed by atoms with Crippen LogP contribution >= 0.6 is 11.6 Å². The van der Waals surface area contributed by atoms with Crippen LogP contribution in [0.25, 0.3) is 0 Å². The SMILES string of the molecule is Fc1ccc(C(CCCl)Oc2cccc(F)c2)cc1. The Bertz CT molecular complexity index is 528. The lowest BCUT2D eigenvalue weighted by atomic mass is 10.1. The second-order valence-electron chi connectivity index (χ2n) is 4.09. The molecule has 1 nitrogen and oxygen atoms in total. The molecule has 0 aliphatic rings. The highest BCUT2D eigenvalue weighted by molar-refractivity contribution is 6.17. The van der Waals surface area contributed by atoms with Crippen LogP contribution in [-0.2, 0) is 0 Å². The van der Waals surface area contributed by atoms with Crippen molar-refractivity contribution >= 4 is 11.6 Å². The largest absolute Gasteiger partial charge is 0.486 e. The van der Waals surface area contributed by atoms with Crippen molar-refractivity contribution in [1.82, 2.24) is 0 Å².